The van der Waals surface area contributed by atoms with Gasteiger partial charge in [-0.1, -0.05) is 6.92 Å². The molecule has 0 spiro atoms. The van der Waals surface area contributed by atoms with Gasteiger partial charge in [-0.2, -0.15) is 5.26 Å². The van der Waals surface area contributed by atoms with Crippen molar-refractivity contribution in [2.75, 3.05) is 13.1 Å². The summed E-state index contributed by atoms with van der Waals surface area (Å²) in [6.07, 6.45) is 2.75. The van der Waals surface area contributed by atoms with Gasteiger partial charge in [0, 0.05) is 6.92 Å². The molecule has 0 aromatic carbocycles. The second-order valence-corrected chi connectivity index (χ2v) is 3.02. The fourth-order valence-corrected chi connectivity index (χ4v) is 0.966. The van der Waals surface area contributed by atoms with Gasteiger partial charge in [0.25, 0.3) is 0 Å². The molecule has 4 nitrogen and oxygen atoms in total. The first-order chi connectivity index (χ1) is 5.66. The van der Waals surface area contributed by atoms with Crippen LogP contribution in [0.15, 0.2) is 0 Å². The molecule has 1 aliphatic rings. The van der Waals surface area contributed by atoms with Gasteiger partial charge in [-0.05, 0) is 31.8 Å². The third-order valence-corrected chi connectivity index (χ3v) is 1.76. The molecular formula is C8H17NO3. The van der Waals surface area contributed by atoms with E-state index in [2.05, 4.69) is 17.1 Å². The molecule has 0 unspecified atom stereocenters. The number of carbonyl (C=O) groups excluding carboxylic acids is 1. The van der Waals surface area contributed by atoms with E-state index in [1.165, 1.54) is 25.9 Å². The fraction of sp³-hybridized carbons (Fsp3) is 0.875. The van der Waals surface area contributed by atoms with Crippen LogP contribution in [0.5, 0.6) is 0 Å². The van der Waals surface area contributed by atoms with E-state index in [9.17, 15) is 4.79 Å². The Bertz CT molecular complexity index is 121. The highest BCUT2D eigenvalue weighted by molar-refractivity contribution is 5.64. The Morgan fingerprint density at radius 3 is 2.08 bits per heavy atom. The van der Waals surface area contributed by atoms with Gasteiger partial charge in [-0.15, -0.1) is 0 Å². The number of rotatable bonds is 0. The van der Waals surface area contributed by atoms with Crippen molar-refractivity contribution in [2.24, 2.45) is 5.92 Å². The summed E-state index contributed by atoms with van der Waals surface area (Å²) in [5, 5.41) is 10.6. The molecule has 1 heterocycles. The van der Waals surface area contributed by atoms with Crippen molar-refractivity contribution in [1.29, 1.82) is 0 Å². The van der Waals surface area contributed by atoms with Crippen molar-refractivity contribution in [3.63, 3.8) is 0 Å². The molecule has 4 heteroatoms. The van der Waals surface area contributed by atoms with Gasteiger partial charge >= 0.3 is 5.97 Å². The van der Waals surface area contributed by atoms with Crippen molar-refractivity contribution in [3.05, 3.63) is 0 Å². The van der Waals surface area contributed by atoms with Crippen molar-refractivity contribution in [2.45, 2.75) is 26.7 Å². The van der Waals surface area contributed by atoms with Crippen LogP contribution in [0, 0.1) is 5.92 Å². The quantitative estimate of drug-likeness (QED) is 0.426. The van der Waals surface area contributed by atoms with E-state index in [0.717, 1.165) is 12.8 Å². The molecule has 0 saturated carbocycles. The second-order valence-electron chi connectivity index (χ2n) is 3.02. The van der Waals surface area contributed by atoms with Gasteiger partial charge in [0.15, 0.2) is 0 Å². The second kappa shape index (κ2) is 7.06. The molecule has 0 radical (unpaired) electrons. The molecular weight excluding hydrogens is 158 g/mol. The Morgan fingerprint density at radius 1 is 1.50 bits per heavy atom. The smallest absolute Gasteiger partial charge is 0.317 e. The van der Waals surface area contributed by atoms with Crippen molar-refractivity contribution >= 4 is 5.97 Å². The van der Waals surface area contributed by atoms with Crippen molar-refractivity contribution in [1.82, 2.24) is 5.32 Å². The highest BCUT2D eigenvalue weighted by Crippen LogP contribution is 2.08. The zero-order chi connectivity index (χ0) is 9.40. The van der Waals surface area contributed by atoms with E-state index in [1.54, 1.807) is 0 Å². The summed E-state index contributed by atoms with van der Waals surface area (Å²) in [7, 11) is 0. The molecule has 1 saturated heterocycles. The number of nitrogens with one attached hydrogen (secondary N) is 1. The summed E-state index contributed by atoms with van der Waals surface area (Å²) in [5.74, 6) is 0.284. The maximum atomic E-state index is 9.34. The van der Waals surface area contributed by atoms with Crippen LogP contribution in [0.1, 0.15) is 26.7 Å². The van der Waals surface area contributed by atoms with Crippen LogP contribution in [-0.4, -0.2) is 24.3 Å². The number of carbonyl (C=O) groups is 1. The molecule has 0 bridgehead atoms. The summed E-state index contributed by atoms with van der Waals surface area (Å²) >= 11 is 0. The molecule has 0 aromatic heterocycles. The Balaban J connectivity index is 0.000000217. The molecule has 72 valence electrons. The highest BCUT2D eigenvalue weighted by atomic mass is 17.1. The predicted molar refractivity (Wildman–Crippen MR) is 45.7 cm³/mol. The molecule has 1 fully saturated rings. The number of piperidine rings is 1. The maximum Gasteiger partial charge on any atom is 0.339 e. The summed E-state index contributed by atoms with van der Waals surface area (Å²) in [6.45, 7) is 5.91. The molecule has 1 rings (SSSR count). The van der Waals surface area contributed by atoms with Crippen LogP contribution in [0.2, 0.25) is 0 Å². The van der Waals surface area contributed by atoms with Gasteiger partial charge in [0.05, 0.1) is 0 Å². The molecule has 0 amide bonds. The summed E-state index contributed by atoms with van der Waals surface area (Å²) in [6, 6.07) is 0. The van der Waals surface area contributed by atoms with Crippen LogP contribution in [0.25, 0.3) is 0 Å². The number of hydrogen-bond donors (Lipinski definition) is 2. The lowest BCUT2D eigenvalue weighted by atomic mass is 10.0. The third kappa shape index (κ3) is 7.50. The molecule has 12 heavy (non-hydrogen) atoms. The van der Waals surface area contributed by atoms with Gasteiger partial charge in [-0.3, -0.25) is 0 Å². The summed E-state index contributed by atoms with van der Waals surface area (Å²) in [4.78, 5) is 12.5. The Morgan fingerprint density at radius 2 is 1.92 bits per heavy atom. The highest BCUT2D eigenvalue weighted by Gasteiger charge is 2.04. The minimum absolute atomic E-state index is 0.690. The first kappa shape index (κ1) is 11.4. The zero-order valence-electron chi connectivity index (χ0n) is 7.67. The monoisotopic (exact) mass is 175 g/mol. The maximum absolute atomic E-state index is 9.34. The van der Waals surface area contributed by atoms with Crippen molar-refractivity contribution < 1.29 is 14.9 Å². The van der Waals surface area contributed by atoms with Crippen LogP contribution < -0.4 is 5.32 Å². The predicted octanol–water partition coefficient (Wildman–Crippen LogP) is 1.03. The van der Waals surface area contributed by atoms with Crippen LogP contribution in [0.3, 0.4) is 0 Å². The standard InChI is InChI=1S/C6H13N.C2H4O3/c1-6-2-4-7-5-3-6;1-2(3)5-4/h6-7H,2-5H2,1H3;4H,1H3. The Hall–Kier alpha value is -0.610. The SMILES string of the molecule is CC(=O)OO.CC1CCNCC1. The van der Waals surface area contributed by atoms with E-state index >= 15 is 0 Å². The largest absolute Gasteiger partial charge is 0.339 e. The van der Waals surface area contributed by atoms with Gasteiger partial charge < -0.3 is 10.2 Å². The topological polar surface area (TPSA) is 58.6 Å². The summed E-state index contributed by atoms with van der Waals surface area (Å²) < 4.78 is 0. The van der Waals surface area contributed by atoms with Gasteiger partial charge in [0.2, 0.25) is 0 Å². The first-order valence-electron chi connectivity index (χ1n) is 4.19. The zero-order valence-corrected chi connectivity index (χ0v) is 7.67. The Kier molecular flexibility index (Phi) is 6.70. The average molecular weight is 175 g/mol. The first-order valence-corrected chi connectivity index (χ1v) is 4.19. The molecule has 1 aliphatic heterocycles. The summed E-state index contributed by atoms with van der Waals surface area (Å²) in [5.41, 5.74) is 0. The van der Waals surface area contributed by atoms with E-state index in [0.29, 0.717) is 0 Å². The third-order valence-electron chi connectivity index (χ3n) is 1.76. The Labute approximate surface area is 72.8 Å². The lowest BCUT2D eigenvalue weighted by molar-refractivity contribution is -0.231. The van der Waals surface area contributed by atoms with Crippen LogP contribution in [-0.2, 0) is 9.68 Å². The lowest BCUT2D eigenvalue weighted by Crippen LogP contribution is -2.26. The fourth-order valence-electron chi connectivity index (χ4n) is 0.966. The van der Waals surface area contributed by atoms with Gasteiger partial charge in [-0.25, -0.2) is 4.79 Å². The van der Waals surface area contributed by atoms with E-state index in [-0.39, 0.29) is 0 Å². The minimum atomic E-state index is -0.690. The van der Waals surface area contributed by atoms with Crippen molar-refractivity contribution in [3.8, 4) is 0 Å². The normalized spacial score (nSPS) is 17.6. The van der Waals surface area contributed by atoms with Crippen LogP contribution >= 0.6 is 0 Å². The molecule has 0 atom stereocenters. The minimum Gasteiger partial charge on any atom is -0.317 e. The molecule has 0 aliphatic carbocycles. The lowest BCUT2D eigenvalue weighted by Gasteiger charge is -2.17. The average Bonchev–Trinajstić information content (AvgIpc) is 2.07. The van der Waals surface area contributed by atoms with E-state index in [4.69, 9.17) is 5.26 Å². The van der Waals surface area contributed by atoms with Gasteiger partial charge in [0.1, 0.15) is 0 Å². The number of hydrogen-bond acceptors (Lipinski definition) is 4. The van der Waals surface area contributed by atoms with Crippen LogP contribution in [0.4, 0.5) is 0 Å². The molecule has 2 N–H and O–H groups in total. The molecule has 0 aromatic rings. The van der Waals surface area contributed by atoms with E-state index in [1.807, 2.05) is 0 Å². The van der Waals surface area contributed by atoms with E-state index < -0.39 is 5.97 Å².